The van der Waals surface area contributed by atoms with Gasteiger partial charge in [0.15, 0.2) is 0 Å². The van der Waals surface area contributed by atoms with Crippen LogP contribution in [-0.2, 0) is 0 Å². The van der Waals surface area contributed by atoms with Gasteiger partial charge in [-0.1, -0.05) is 12.5 Å². The van der Waals surface area contributed by atoms with Crippen molar-refractivity contribution in [1.29, 1.82) is 0 Å². The third kappa shape index (κ3) is 2.72. The van der Waals surface area contributed by atoms with Crippen LogP contribution in [-0.4, -0.2) is 49.2 Å². The first-order chi connectivity index (χ1) is 10.5. The van der Waals surface area contributed by atoms with Crippen LogP contribution in [0, 0.1) is 5.41 Å². The summed E-state index contributed by atoms with van der Waals surface area (Å²) in [4.78, 5) is 16.8. The molecule has 1 aliphatic heterocycles. The molecule has 0 radical (unpaired) electrons. The third-order valence-electron chi connectivity index (χ3n) is 5.36. The number of anilines is 1. The average molecular weight is 302 g/mol. The molecule has 1 spiro atoms. The minimum atomic E-state index is -0.240. The van der Waals surface area contributed by atoms with Crippen molar-refractivity contribution in [3.8, 4) is 0 Å². The Balaban J connectivity index is 1.78. The zero-order valence-electron chi connectivity index (χ0n) is 13.6. The normalized spacial score (nSPS) is 28.1. The van der Waals surface area contributed by atoms with Gasteiger partial charge >= 0.3 is 0 Å². The second-order valence-electron chi connectivity index (χ2n) is 7.05. The lowest BCUT2D eigenvalue weighted by atomic mass is 9.76. The molecule has 1 aliphatic carbocycles. The molecule has 4 heteroatoms. The van der Waals surface area contributed by atoms with Crippen LogP contribution in [0.5, 0.6) is 0 Å². The summed E-state index contributed by atoms with van der Waals surface area (Å²) in [6.45, 7) is 1.51. The molecule has 1 heterocycles. The Morgan fingerprint density at radius 3 is 2.77 bits per heavy atom. The third-order valence-corrected chi connectivity index (χ3v) is 5.36. The van der Waals surface area contributed by atoms with Crippen molar-refractivity contribution in [3.05, 3.63) is 29.8 Å². The first kappa shape index (κ1) is 15.3. The summed E-state index contributed by atoms with van der Waals surface area (Å²) in [5.41, 5.74) is 1.74. The lowest BCUT2D eigenvalue weighted by molar-refractivity contribution is -0.00535. The monoisotopic (exact) mass is 302 g/mol. The molecule has 1 aromatic rings. The molecule has 2 aliphatic rings. The zero-order chi connectivity index (χ0) is 15.7. The molecule has 2 atom stereocenters. The molecule has 1 saturated carbocycles. The van der Waals surface area contributed by atoms with Gasteiger partial charge in [0.05, 0.1) is 6.10 Å². The summed E-state index contributed by atoms with van der Waals surface area (Å²) in [6.07, 6.45) is 4.83. The van der Waals surface area contributed by atoms with Gasteiger partial charge < -0.3 is 14.9 Å². The molecule has 22 heavy (non-hydrogen) atoms. The van der Waals surface area contributed by atoms with Gasteiger partial charge in [0.25, 0.3) is 5.91 Å². The second-order valence-corrected chi connectivity index (χ2v) is 7.05. The Bertz CT molecular complexity index is 558. The highest BCUT2D eigenvalue weighted by atomic mass is 16.3. The molecule has 0 bridgehead atoms. The van der Waals surface area contributed by atoms with Crippen LogP contribution < -0.4 is 4.90 Å². The van der Waals surface area contributed by atoms with Crippen molar-refractivity contribution >= 4 is 11.6 Å². The average Bonchev–Trinajstić information content (AvgIpc) is 2.87. The number of likely N-dealkylation sites (tertiary alicyclic amines) is 1. The van der Waals surface area contributed by atoms with Crippen molar-refractivity contribution in [1.82, 2.24) is 4.90 Å². The van der Waals surface area contributed by atoms with Crippen molar-refractivity contribution in [2.45, 2.75) is 38.2 Å². The van der Waals surface area contributed by atoms with E-state index in [-0.39, 0.29) is 17.4 Å². The first-order valence-corrected chi connectivity index (χ1v) is 8.27. The number of carbonyl (C=O) groups excluding carboxylic acids is 1. The number of benzene rings is 1. The molecule has 4 nitrogen and oxygen atoms in total. The summed E-state index contributed by atoms with van der Waals surface area (Å²) >= 11 is 0. The van der Waals surface area contributed by atoms with Gasteiger partial charge in [0.1, 0.15) is 0 Å². The van der Waals surface area contributed by atoms with Gasteiger partial charge in [0, 0.05) is 43.9 Å². The van der Waals surface area contributed by atoms with Gasteiger partial charge in [-0.05, 0) is 43.9 Å². The molecule has 0 aromatic heterocycles. The molecule has 1 saturated heterocycles. The number of hydrogen-bond donors (Lipinski definition) is 1. The van der Waals surface area contributed by atoms with Crippen molar-refractivity contribution in [2.75, 3.05) is 32.1 Å². The largest absolute Gasteiger partial charge is 0.392 e. The number of aliphatic hydroxyl groups excluding tert-OH is 1. The van der Waals surface area contributed by atoms with Gasteiger partial charge in [-0.25, -0.2) is 0 Å². The van der Waals surface area contributed by atoms with E-state index in [1.54, 1.807) is 0 Å². The van der Waals surface area contributed by atoms with E-state index in [1.165, 1.54) is 0 Å². The van der Waals surface area contributed by atoms with Crippen LogP contribution in [0.3, 0.4) is 0 Å². The van der Waals surface area contributed by atoms with E-state index in [0.717, 1.165) is 49.9 Å². The SMILES string of the molecule is CN(C)c1cccc(C(=O)N2CCC[C@@]3(CCC[C@H]3O)C2)c1. The smallest absolute Gasteiger partial charge is 0.253 e. The van der Waals surface area contributed by atoms with Crippen LogP contribution in [0.1, 0.15) is 42.5 Å². The summed E-state index contributed by atoms with van der Waals surface area (Å²) in [6, 6.07) is 7.79. The highest BCUT2D eigenvalue weighted by Gasteiger charge is 2.45. The van der Waals surface area contributed by atoms with E-state index < -0.39 is 0 Å². The second kappa shape index (κ2) is 5.92. The number of piperidine rings is 1. The van der Waals surface area contributed by atoms with E-state index in [1.807, 2.05) is 48.2 Å². The van der Waals surface area contributed by atoms with E-state index in [2.05, 4.69) is 0 Å². The van der Waals surface area contributed by atoms with Gasteiger partial charge in [0.2, 0.25) is 0 Å². The highest BCUT2D eigenvalue weighted by molar-refractivity contribution is 5.95. The predicted octanol–water partition coefficient (Wildman–Crippen LogP) is 2.52. The Labute approximate surface area is 132 Å². The van der Waals surface area contributed by atoms with E-state index in [0.29, 0.717) is 6.54 Å². The van der Waals surface area contributed by atoms with Crippen molar-refractivity contribution < 1.29 is 9.90 Å². The van der Waals surface area contributed by atoms with E-state index >= 15 is 0 Å². The molecule has 1 aromatic carbocycles. The fourth-order valence-electron chi connectivity index (χ4n) is 4.03. The summed E-state index contributed by atoms with van der Waals surface area (Å²) in [7, 11) is 3.96. The standard InChI is InChI=1S/C18H26N2O2/c1-19(2)15-7-3-6-14(12-15)17(22)20-11-5-10-18(13-20)9-4-8-16(18)21/h3,6-7,12,16,21H,4-5,8-11,13H2,1-2H3/t16-,18+/m1/s1. The van der Waals surface area contributed by atoms with Crippen molar-refractivity contribution in [2.24, 2.45) is 5.41 Å². The highest BCUT2D eigenvalue weighted by Crippen LogP contribution is 2.45. The lowest BCUT2D eigenvalue weighted by Gasteiger charge is -2.42. The first-order valence-electron chi connectivity index (χ1n) is 8.27. The lowest BCUT2D eigenvalue weighted by Crippen LogP contribution is -2.49. The quantitative estimate of drug-likeness (QED) is 0.913. The van der Waals surface area contributed by atoms with Crippen LogP contribution in [0.15, 0.2) is 24.3 Å². The van der Waals surface area contributed by atoms with E-state index in [9.17, 15) is 9.90 Å². The minimum absolute atomic E-state index is 0.0485. The van der Waals surface area contributed by atoms with Gasteiger partial charge in [-0.2, -0.15) is 0 Å². The molecule has 2 fully saturated rings. The van der Waals surface area contributed by atoms with Gasteiger partial charge in [-0.15, -0.1) is 0 Å². The molecule has 0 unspecified atom stereocenters. The maximum atomic E-state index is 12.8. The summed E-state index contributed by atoms with van der Waals surface area (Å²) < 4.78 is 0. The predicted molar refractivity (Wildman–Crippen MR) is 88.2 cm³/mol. The number of hydrogen-bond acceptors (Lipinski definition) is 3. The molecule has 1 N–H and O–H groups in total. The number of aliphatic hydroxyl groups is 1. The Morgan fingerprint density at radius 2 is 2.09 bits per heavy atom. The maximum Gasteiger partial charge on any atom is 0.253 e. The minimum Gasteiger partial charge on any atom is -0.392 e. The Hall–Kier alpha value is -1.55. The van der Waals surface area contributed by atoms with E-state index in [4.69, 9.17) is 0 Å². The fraction of sp³-hybridized carbons (Fsp3) is 0.611. The fourth-order valence-corrected chi connectivity index (χ4v) is 4.03. The molecular weight excluding hydrogens is 276 g/mol. The van der Waals surface area contributed by atoms with Crippen LogP contribution in [0.4, 0.5) is 5.69 Å². The topological polar surface area (TPSA) is 43.8 Å². The molecular formula is C18H26N2O2. The Kier molecular flexibility index (Phi) is 4.13. The summed E-state index contributed by atoms with van der Waals surface area (Å²) in [5, 5.41) is 10.3. The van der Waals surface area contributed by atoms with Crippen LogP contribution in [0.2, 0.25) is 0 Å². The number of amides is 1. The summed E-state index contributed by atoms with van der Waals surface area (Å²) in [5.74, 6) is 0.0990. The van der Waals surface area contributed by atoms with Gasteiger partial charge in [-0.3, -0.25) is 4.79 Å². The van der Waals surface area contributed by atoms with Crippen LogP contribution in [0.25, 0.3) is 0 Å². The number of rotatable bonds is 2. The Morgan fingerprint density at radius 1 is 1.32 bits per heavy atom. The van der Waals surface area contributed by atoms with Crippen molar-refractivity contribution in [3.63, 3.8) is 0 Å². The van der Waals surface area contributed by atoms with Crippen LogP contribution >= 0.6 is 0 Å². The molecule has 1 amide bonds. The zero-order valence-corrected chi connectivity index (χ0v) is 13.6. The molecule has 120 valence electrons. The number of carbonyl (C=O) groups is 1. The molecule has 3 rings (SSSR count). The maximum absolute atomic E-state index is 12.8. The number of nitrogens with zero attached hydrogens (tertiary/aromatic N) is 2.